The molecule has 2 aliphatic carbocycles. The average molecular weight is 257 g/mol. The van der Waals surface area contributed by atoms with Gasteiger partial charge in [-0.1, -0.05) is 25.1 Å². The normalized spacial score (nSPS) is 27.8. The molecule has 0 radical (unpaired) electrons. The van der Waals surface area contributed by atoms with Crippen LogP contribution in [0.5, 0.6) is 5.75 Å². The first-order valence-corrected chi connectivity index (χ1v) is 7.44. The van der Waals surface area contributed by atoms with Gasteiger partial charge in [0.15, 0.2) is 0 Å². The number of allylic oxidation sites excluding steroid dienone is 1. The molecule has 2 nitrogen and oxygen atoms in total. The molecule has 0 bridgehead atoms. The molecule has 19 heavy (non-hydrogen) atoms. The second-order valence-corrected chi connectivity index (χ2v) is 5.84. The molecule has 1 N–H and O–H groups in total. The van der Waals surface area contributed by atoms with E-state index in [0.717, 1.165) is 36.3 Å². The Morgan fingerprint density at radius 2 is 2.26 bits per heavy atom. The molecule has 0 aromatic heterocycles. The predicted octanol–water partition coefficient (Wildman–Crippen LogP) is 4.16. The Labute approximate surface area is 115 Å². The van der Waals surface area contributed by atoms with Gasteiger partial charge in [0.2, 0.25) is 0 Å². The van der Waals surface area contributed by atoms with E-state index in [4.69, 9.17) is 4.74 Å². The van der Waals surface area contributed by atoms with Crippen molar-refractivity contribution in [2.45, 2.75) is 39.2 Å². The summed E-state index contributed by atoms with van der Waals surface area (Å²) in [5.74, 6) is 2.63. The van der Waals surface area contributed by atoms with Gasteiger partial charge in [0.25, 0.3) is 0 Å². The van der Waals surface area contributed by atoms with Crippen LogP contribution in [0.1, 0.15) is 31.7 Å². The lowest BCUT2D eigenvalue weighted by Crippen LogP contribution is -2.43. The van der Waals surface area contributed by atoms with Gasteiger partial charge >= 0.3 is 0 Å². The maximum absolute atomic E-state index is 5.87. The van der Waals surface area contributed by atoms with Crippen LogP contribution in [0.15, 0.2) is 30.4 Å². The van der Waals surface area contributed by atoms with Crippen molar-refractivity contribution in [1.29, 1.82) is 0 Å². The molecule has 102 valence electrons. The minimum absolute atomic E-state index is 0.593. The fraction of sp³-hybridized carbons (Fsp3) is 0.529. The SMILES string of the molecule is CCCOc1cc(C)ccc1NC1CC2CC=CC21. The van der Waals surface area contributed by atoms with Crippen molar-refractivity contribution >= 4 is 5.69 Å². The second kappa shape index (κ2) is 5.28. The summed E-state index contributed by atoms with van der Waals surface area (Å²) in [6.45, 7) is 5.04. The smallest absolute Gasteiger partial charge is 0.142 e. The summed E-state index contributed by atoms with van der Waals surface area (Å²) in [4.78, 5) is 0. The van der Waals surface area contributed by atoms with Crippen molar-refractivity contribution in [1.82, 2.24) is 0 Å². The van der Waals surface area contributed by atoms with Crippen molar-refractivity contribution in [2.75, 3.05) is 11.9 Å². The molecule has 0 amide bonds. The molecule has 1 fully saturated rings. The molecule has 2 heteroatoms. The summed E-state index contributed by atoms with van der Waals surface area (Å²) in [7, 11) is 0. The molecular weight excluding hydrogens is 234 g/mol. The molecule has 1 aromatic rings. The van der Waals surface area contributed by atoms with E-state index in [-0.39, 0.29) is 0 Å². The number of benzene rings is 1. The molecular formula is C17H23NO. The minimum Gasteiger partial charge on any atom is -0.491 e. The van der Waals surface area contributed by atoms with Crippen LogP contribution in [0.25, 0.3) is 0 Å². The van der Waals surface area contributed by atoms with E-state index < -0.39 is 0 Å². The Morgan fingerprint density at radius 1 is 1.37 bits per heavy atom. The molecule has 2 aliphatic rings. The lowest BCUT2D eigenvalue weighted by Gasteiger charge is -2.41. The first-order valence-electron chi connectivity index (χ1n) is 7.44. The first-order chi connectivity index (χ1) is 9.28. The number of ether oxygens (including phenoxy) is 1. The first kappa shape index (κ1) is 12.6. The van der Waals surface area contributed by atoms with Crippen molar-refractivity contribution in [3.63, 3.8) is 0 Å². The topological polar surface area (TPSA) is 21.3 Å². The van der Waals surface area contributed by atoms with Crippen LogP contribution in [0.3, 0.4) is 0 Å². The van der Waals surface area contributed by atoms with Crippen LogP contribution in [0, 0.1) is 18.8 Å². The maximum atomic E-state index is 5.87. The molecule has 0 aliphatic heterocycles. The Morgan fingerprint density at radius 3 is 3.05 bits per heavy atom. The van der Waals surface area contributed by atoms with Crippen molar-refractivity contribution in [3.8, 4) is 5.75 Å². The van der Waals surface area contributed by atoms with Gasteiger partial charge in [0.05, 0.1) is 12.3 Å². The molecule has 0 heterocycles. The van der Waals surface area contributed by atoms with Gasteiger partial charge in [-0.3, -0.25) is 0 Å². The lowest BCUT2D eigenvalue weighted by atomic mass is 9.71. The van der Waals surface area contributed by atoms with Gasteiger partial charge in [0, 0.05) is 12.0 Å². The van der Waals surface area contributed by atoms with Crippen LogP contribution in [0.4, 0.5) is 5.69 Å². The molecule has 1 aromatic carbocycles. The van der Waals surface area contributed by atoms with Crippen molar-refractivity contribution in [2.24, 2.45) is 11.8 Å². The van der Waals surface area contributed by atoms with E-state index in [1.54, 1.807) is 0 Å². The maximum Gasteiger partial charge on any atom is 0.142 e. The van der Waals surface area contributed by atoms with E-state index in [9.17, 15) is 0 Å². The Bertz CT molecular complexity index is 480. The van der Waals surface area contributed by atoms with Crippen LogP contribution in [0.2, 0.25) is 0 Å². The molecule has 3 unspecified atom stereocenters. The minimum atomic E-state index is 0.593. The average Bonchev–Trinajstić information content (AvgIpc) is 2.76. The third kappa shape index (κ3) is 2.49. The third-order valence-electron chi connectivity index (χ3n) is 4.30. The molecule has 3 atom stereocenters. The van der Waals surface area contributed by atoms with Crippen LogP contribution in [-0.4, -0.2) is 12.6 Å². The number of aryl methyl sites for hydroxylation is 1. The van der Waals surface area contributed by atoms with Gasteiger partial charge in [-0.25, -0.2) is 0 Å². The summed E-state index contributed by atoms with van der Waals surface area (Å²) in [5, 5.41) is 3.68. The standard InChI is InChI=1S/C17H23NO/c1-3-9-19-17-10-12(2)7-8-15(17)18-16-11-13-5-4-6-14(13)16/h4,6-8,10,13-14,16,18H,3,5,9,11H2,1-2H3. The summed E-state index contributed by atoms with van der Waals surface area (Å²) in [6, 6.07) is 7.04. The molecule has 0 saturated heterocycles. The van der Waals surface area contributed by atoms with Crippen molar-refractivity contribution in [3.05, 3.63) is 35.9 Å². The van der Waals surface area contributed by atoms with E-state index in [1.807, 2.05) is 0 Å². The summed E-state index contributed by atoms with van der Waals surface area (Å²) < 4.78 is 5.87. The largest absolute Gasteiger partial charge is 0.491 e. The monoisotopic (exact) mass is 257 g/mol. The fourth-order valence-corrected chi connectivity index (χ4v) is 3.16. The van der Waals surface area contributed by atoms with E-state index in [2.05, 4.69) is 49.5 Å². The summed E-state index contributed by atoms with van der Waals surface area (Å²) >= 11 is 0. The number of rotatable bonds is 5. The lowest BCUT2D eigenvalue weighted by molar-refractivity contribution is 0.217. The van der Waals surface area contributed by atoms with Gasteiger partial charge in [0.1, 0.15) is 5.75 Å². The van der Waals surface area contributed by atoms with Gasteiger partial charge in [-0.15, -0.1) is 0 Å². The number of nitrogens with one attached hydrogen (secondary N) is 1. The highest BCUT2D eigenvalue weighted by Gasteiger charge is 2.41. The zero-order chi connectivity index (χ0) is 13.2. The highest BCUT2D eigenvalue weighted by Crippen LogP contribution is 2.44. The summed E-state index contributed by atoms with van der Waals surface area (Å²) in [6.07, 6.45) is 8.33. The number of hydrogen-bond acceptors (Lipinski definition) is 2. The predicted molar refractivity (Wildman–Crippen MR) is 79.7 cm³/mol. The van der Waals surface area contributed by atoms with Gasteiger partial charge in [-0.2, -0.15) is 0 Å². The fourth-order valence-electron chi connectivity index (χ4n) is 3.16. The zero-order valence-corrected chi connectivity index (χ0v) is 11.9. The van der Waals surface area contributed by atoms with E-state index in [0.29, 0.717) is 6.04 Å². The van der Waals surface area contributed by atoms with Gasteiger partial charge < -0.3 is 10.1 Å². The van der Waals surface area contributed by atoms with Crippen LogP contribution < -0.4 is 10.1 Å². The van der Waals surface area contributed by atoms with Crippen LogP contribution in [-0.2, 0) is 0 Å². The number of anilines is 1. The Kier molecular flexibility index (Phi) is 3.50. The third-order valence-corrected chi connectivity index (χ3v) is 4.30. The molecule has 3 rings (SSSR count). The molecule has 0 spiro atoms. The van der Waals surface area contributed by atoms with Crippen LogP contribution >= 0.6 is 0 Å². The summed E-state index contributed by atoms with van der Waals surface area (Å²) in [5.41, 5.74) is 2.41. The number of hydrogen-bond donors (Lipinski definition) is 1. The Balaban J connectivity index is 1.71. The van der Waals surface area contributed by atoms with E-state index in [1.165, 1.54) is 18.4 Å². The highest BCUT2D eigenvalue weighted by atomic mass is 16.5. The Hall–Kier alpha value is -1.44. The van der Waals surface area contributed by atoms with Gasteiger partial charge in [-0.05, 0) is 49.8 Å². The molecule has 1 saturated carbocycles. The second-order valence-electron chi connectivity index (χ2n) is 5.84. The van der Waals surface area contributed by atoms with Crippen molar-refractivity contribution < 1.29 is 4.74 Å². The quantitative estimate of drug-likeness (QED) is 0.800. The van der Waals surface area contributed by atoms with E-state index >= 15 is 0 Å². The highest BCUT2D eigenvalue weighted by molar-refractivity contribution is 5.58. The zero-order valence-electron chi connectivity index (χ0n) is 11.9. The number of fused-ring (bicyclic) bond motifs is 1.